The van der Waals surface area contributed by atoms with Crippen LogP contribution < -0.4 is 4.74 Å². The van der Waals surface area contributed by atoms with Crippen molar-refractivity contribution in [3.63, 3.8) is 0 Å². The smallest absolute Gasteiger partial charge is 0.165 e. The van der Waals surface area contributed by atoms with Gasteiger partial charge in [-0.15, -0.1) is 0 Å². The number of hydrogen-bond acceptors (Lipinski definition) is 1. The molecule has 3 rings (SSSR count). The molecule has 0 saturated carbocycles. The first-order valence-electron chi connectivity index (χ1n) is 5.72. The van der Waals surface area contributed by atoms with Gasteiger partial charge in [0, 0.05) is 17.5 Å². The number of halogens is 2. The highest BCUT2D eigenvalue weighted by Crippen LogP contribution is 2.36. The van der Waals surface area contributed by atoms with Crippen molar-refractivity contribution in [3.05, 3.63) is 60.5 Å². The van der Waals surface area contributed by atoms with Gasteiger partial charge in [0.25, 0.3) is 0 Å². The fraction of sp³-hybridized carbons (Fsp3) is 0.133. The minimum absolute atomic E-state index is 0.245. The van der Waals surface area contributed by atoms with E-state index in [1.807, 2.05) is 0 Å². The van der Waals surface area contributed by atoms with Crippen LogP contribution >= 0.6 is 0 Å². The first kappa shape index (κ1) is 11.2. The second-order valence-corrected chi connectivity index (χ2v) is 4.37. The van der Waals surface area contributed by atoms with E-state index in [4.69, 9.17) is 4.74 Å². The molecule has 2 aromatic carbocycles. The molecule has 1 aliphatic rings. The minimum Gasteiger partial charge on any atom is -0.487 e. The summed E-state index contributed by atoms with van der Waals surface area (Å²) < 4.78 is 32.8. The van der Waals surface area contributed by atoms with E-state index in [9.17, 15) is 8.78 Å². The summed E-state index contributed by atoms with van der Waals surface area (Å²) in [6, 6.07) is 9.40. The van der Waals surface area contributed by atoms with E-state index in [2.05, 4.69) is 6.92 Å². The maximum absolute atomic E-state index is 13.9. The number of benzene rings is 2. The van der Waals surface area contributed by atoms with Gasteiger partial charge < -0.3 is 4.74 Å². The predicted octanol–water partition coefficient (Wildman–Crippen LogP) is 3.77. The van der Waals surface area contributed by atoms with Gasteiger partial charge in [0.2, 0.25) is 0 Å². The molecule has 1 aliphatic heterocycles. The topological polar surface area (TPSA) is 9.23 Å². The van der Waals surface area contributed by atoms with Gasteiger partial charge in [0.1, 0.15) is 11.9 Å². The molecule has 0 bridgehead atoms. The third-order valence-electron chi connectivity index (χ3n) is 3.04. The predicted molar refractivity (Wildman–Crippen MR) is 65.3 cm³/mol. The summed E-state index contributed by atoms with van der Waals surface area (Å²) in [5, 5.41) is 0. The molecule has 18 heavy (non-hydrogen) atoms. The van der Waals surface area contributed by atoms with Gasteiger partial charge in [0.15, 0.2) is 11.6 Å². The average Bonchev–Trinajstić information content (AvgIpc) is 2.71. The average molecular weight is 245 g/mol. The lowest BCUT2D eigenvalue weighted by molar-refractivity contribution is 0.269. The van der Waals surface area contributed by atoms with Gasteiger partial charge in [-0.3, -0.25) is 0 Å². The van der Waals surface area contributed by atoms with Crippen molar-refractivity contribution in [2.24, 2.45) is 0 Å². The first-order chi connectivity index (χ1) is 8.65. The summed E-state index contributed by atoms with van der Waals surface area (Å²) in [5.74, 6) is -0.575. The Hall–Kier alpha value is -1.90. The number of fused-ring (bicyclic) bond motifs is 1. The number of ether oxygens (including phenoxy) is 1. The Balaban J connectivity index is 2.14. The van der Waals surface area contributed by atoms with Crippen molar-refractivity contribution in [1.29, 1.82) is 0 Å². The SMILES string of the molecule is [CH2]C1Cc2cc(-c3ccccc3F)cc(F)c2O1. The van der Waals surface area contributed by atoms with E-state index < -0.39 is 5.82 Å². The quantitative estimate of drug-likeness (QED) is 0.743. The van der Waals surface area contributed by atoms with E-state index in [0.29, 0.717) is 17.5 Å². The van der Waals surface area contributed by atoms with Crippen LogP contribution in [-0.4, -0.2) is 6.10 Å². The van der Waals surface area contributed by atoms with Crippen LogP contribution in [0.5, 0.6) is 5.75 Å². The van der Waals surface area contributed by atoms with Crippen LogP contribution in [0.3, 0.4) is 0 Å². The lowest BCUT2D eigenvalue weighted by Gasteiger charge is -2.07. The van der Waals surface area contributed by atoms with Gasteiger partial charge in [-0.25, -0.2) is 8.78 Å². The molecule has 0 aliphatic carbocycles. The minimum atomic E-state index is -0.461. The van der Waals surface area contributed by atoms with Crippen molar-refractivity contribution in [3.8, 4) is 16.9 Å². The summed E-state index contributed by atoms with van der Waals surface area (Å²) in [6.07, 6.45) is 0.277. The zero-order chi connectivity index (χ0) is 12.7. The van der Waals surface area contributed by atoms with E-state index in [-0.39, 0.29) is 17.7 Å². The van der Waals surface area contributed by atoms with Crippen molar-refractivity contribution < 1.29 is 13.5 Å². The molecule has 0 spiro atoms. The Morgan fingerprint density at radius 2 is 1.89 bits per heavy atom. The van der Waals surface area contributed by atoms with Gasteiger partial charge in [0.05, 0.1) is 0 Å². The van der Waals surface area contributed by atoms with E-state index in [1.54, 1.807) is 24.3 Å². The fourth-order valence-corrected chi connectivity index (χ4v) is 2.24. The highest BCUT2D eigenvalue weighted by molar-refractivity contribution is 5.67. The third-order valence-corrected chi connectivity index (χ3v) is 3.04. The fourth-order valence-electron chi connectivity index (χ4n) is 2.24. The third kappa shape index (κ3) is 1.76. The second-order valence-electron chi connectivity index (χ2n) is 4.37. The highest BCUT2D eigenvalue weighted by atomic mass is 19.1. The molecule has 0 N–H and O–H groups in total. The van der Waals surface area contributed by atoms with Crippen LogP contribution in [0.2, 0.25) is 0 Å². The standard InChI is InChI=1S/C15H11F2O/c1-9-6-11-7-10(8-14(17)15(11)18-9)12-4-2-3-5-13(12)16/h2-5,7-9H,1,6H2. The van der Waals surface area contributed by atoms with Crippen LogP contribution in [-0.2, 0) is 6.42 Å². The van der Waals surface area contributed by atoms with Crippen molar-refractivity contribution in [2.75, 3.05) is 0 Å². The number of hydrogen-bond donors (Lipinski definition) is 0. The van der Waals surface area contributed by atoms with E-state index >= 15 is 0 Å². The molecule has 1 nitrogen and oxygen atoms in total. The molecule has 1 heterocycles. The molecule has 1 radical (unpaired) electrons. The summed E-state index contributed by atoms with van der Waals surface area (Å²) in [5.41, 5.74) is 1.67. The Kier molecular flexibility index (Phi) is 2.54. The van der Waals surface area contributed by atoms with Crippen LogP contribution in [0.15, 0.2) is 36.4 Å². The van der Waals surface area contributed by atoms with Crippen LogP contribution in [0.1, 0.15) is 5.56 Å². The van der Waals surface area contributed by atoms with Gasteiger partial charge in [-0.2, -0.15) is 0 Å². The molecule has 91 valence electrons. The van der Waals surface area contributed by atoms with Gasteiger partial charge >= 0.3 is 0 Å². The number of rotatable bonds is 1. The molecule has 1 unspecified atom stereocenters. The molecule has 0 fully saturated rings. The Labute approximate surface area is 104 Å². The first-order valence-corrected chi connectivity index (χ1v) is 5.72. The molecular weight excluding hydrogens is 234 g/mol. The van der Waals surface area contributed by atoms with Gasteiger partial charge in [-0.1, -0.05) is 18.2 Å². The normalized spacial score (nSPS) is 17.4. The molecule has 1 atom stereocenters. The Morgan fingerprint density at radius 1 is 1.11 bits per heavy atom. The van der Waals surface area contributed by atoms with Crippen molar-refractivity contribution >= 4 is 0 Å². The molecule has 3 heteroatoms. The molecule has 0 aromatic heterocycles. The van der Waals surface area contributed by atoms with Crippen LogP contribution in [0.25, 0.3) is 11.1 Å². The monoisotopic (exact) mass is 245 g/mol. The largest absolute Gasteiger partial charge is 0.487 e. The molecule has 0 amide bonds. The second kappa shape index (κ2) is 4.09. The zero-order valence-corrected chi connectivity index (χ0v) is 9.62. The van der Waals surface area contributed by atoms with E-state index in [0.717, 1.165) is 5.56 Å². The lowest BCUT2D eigenvalue weighted by atomic mass is 10.0. The maximum atomic E-state index is 13.9. The molecular formula is C15H11F2O. The molecule has 0 saturated heterocycles. The maximum Gasteiger partial charge on any atom is 0.165 e. The Morgan fingerprint density at radius 3 is 2.67 bits per heavy atom. The van der Waals surface area contributed by atoms with Crippen LogP contribution in [0, 0.1) is 18.6 Å². The summed E-state index contributed by atoms with van der Waals surface area (Å²) >= 11 is 0. The lowest BCUT2D eigenvalue weighted by Crippen LogP contribution is -2.06. The molecule has 2 aromatic rings. The van der Waals surface area contributed by atoms with Crippen molar-refractivity contribution in [1.82, 2.24) is 0 Å². The van der Waals surface area contributed by atoms with E-state index in [1.165, 1.54) is 12.1 Å². The van der Waals surface area contributed by atoms with Crippen LogP contribution in [0.4, 0.5) is 8.78 Å². The van der Waals surface area contributed by atoms with Gasteiger partial charge in [-0.05, 0) is 30.7 Å². The van der Waals surface area contributed by atoms with Crippen molar-refractivity contribution in [2.45, 2.75) is 12.5 Å². The summed E-state index contributed by atoms with van der Waals surface area (Å²) in [6.45, 7) is 3.75. The Bertz CT molecular complexity index is 607. The summed E-state index contributed by atoms with van der Waals surface area (Å²) in [7, 11) is 0. The summed E-state index contributed by atoms with van der Waals surface area (Å²) in [4.78, 5) is 0. The highest BCUT2D eigenvalue weighted by Gasteiger charge is 2.24. The zero-order valence-electron chi connectivity index (χ0n) is 9.62.